The number of aryl methyl sites for hydroxylation is 2. The number of carbonyl (C=O) groups is 1. The quantitative estimate of drug-likeness (QED) is 0.911. The van der Waals surface area contributed by atoms with Crippen LogP contribution in [0, 0.1) is 25.7 Å². The normalized spacial score (nSPS) is 23.1. The van der Waals surface area contributed by atoms with Gasteiger partial charge in [-0.1, -0.05) is 6.92 Å². The number of hydrogen-bond acceptors (Lipinski definition) is 4. The van der Waals surface area contributed by atoms with E-state index in [2.05, 4.69) is 11.9 Å². The molecule has 0 aromatic carbocycles. The number of halogens is 1. The minimum atomic E-state index is 0. The molecule has 2 unspecified atom stereocenters. The summed E-state index contributed by atoms with van der Waals surface area (Å²) >= 11 is 1.49. The second-order valence-corrected chi connectivity index (χ2v) is 6.36. The first-order chi connectivity index (χ1) is 8.52. The summed E-state index contributed by atoms with van der Waals surface area (Å²) in [5.41, 5.74) is 6.63. The van der Waals surface area contributed by atoms with Gasteiger partial charge in [0.25, 0.3) is 5.91 Å². The number of aromatic nitrogens is 1. The molecule has 1 saturated heterocycles. The second-order valence-electron chi connectivity index (χ2n) is 5.16. The lowest BCUT2D eigenvalue weighted by Gasteiger charge is -2.36. The molecule has 1 amide bonds. The van der Waals surface area contributed by atoms with Crippen molar-refractivity contribution in [1.29, 1.82) is 0 Å². The molecule has 1 aromatic heterocycles. The highest BCUT2D eigenvalue weighted by Gasteiger charge is 2.29. The van der Waals surface area contributed by atoms with Crippen molar-refractivity contribution in [3.8, 4) is 0 Å². The summed E-state index contributed by atoms with van der Waals surface area (Å²) in [6, 6.07) is 0. The predicted octanol–water partition coefficient (Wildman–Crippen LogP) is 2.24. The van der Waals surface area contributed by atoms with Crippen molar-refractivity contribution < 1.29 is 4.79 Å². The molecular formula is C13H22ClN3OS. The van der Waals surface area contributed by atoms with E-state index in [0.717, 1.165) is 35.1 Å². The fraction of sp³-hybridized carbons (Fsp3) is 0.692. The zero-order chi connectivity index (χ0) is 13.3. The van der Waals surface area contributed by atoms with E-state index in [9.17, 15) is 4.79 Å². The number of thiazole rings is 1. The smallest absolute Gasteiger partial charge is 0.265 e. The topological polar surface area (TPSA) is 59.2 Å². The van der Waals surface area contributed by atoms with Crippen LogP contribution >= 0.6 is 23.7 Å². The molecule has 0 bridgehead atoms. The Morgan fingerprint density at radius 1 is 1.53 bits per heavy atom. The van der Waals surface area contributed by atoms with E-state index >= 15 is 0 Å². The first-order valence-corrected chi connectivity index (χ1v) is 7.28. The zero-order valence-electron chi connectivity index (χ0n) is 11.7. The van der Waals surface area contributed by atoms with Gasteiger partial charge in [-0.3, -0.25) is 4.79 Å². The van der Waals surface area contributed by atoms with Gasteiger partial charge in [0, 0.05) is 13.1 Å². The highest BCUT2D eigenvalue weighted by Crippen LogP contribution is 2.26. The monoisotopic (exact) mass is 303 g/mol. The van der Waals surface area contributed by atoms with E-state index in [1.54, 1.807) is 0 Å². The van der Waals surface area contributed by atoms with Crippen molar-refractivity contribution in [3.63, 3.8) is 0 Å². The molecule has 4 nitrogen and oxygen atoms in total. The van der Waals surface area contributed by atoms with Crippen molar-refractivity contribution in [2.75, 3.05) is 19.6 Å². The fourth-order valence-corrected chi connectivity index (χ4v) is 3.40. The average molecular weight is 304 g/mol. The van der Waals surface area contributed by atoms with Crippen LogP contribution in [-0.2, 0) is 0 Å². The van der Waals surface area contributed by atoms with Crippen molar-refractivity contribution in [1.82, 2.24) is 9.88 Å². The number of likely N-dealkylation sites (tertiary alicyclic amines) is 1. The van der Waals surface area contributed by atoms with E-state index in [1.807, 2.05) is 18.7 Å². The standard InChI is InChI=1S/C13H21N3OS.ClH/c1-8-4-5-16(7-11(8)6-14)13(17)12-9(2)15-10(3)18-12;/h8,11H,4-7,14H2,1-3H3;1H. The molecule has 1 aromatic rings. The van der Waals surface area contributed by atoms with Gasteiger partial charge in [0.1, 0.15) is 4.88 Å². The molecule has 1 aliphatic heterocycles. The number of hydrogen-bond donors (Lipinski definition) is 1. The first kappa shape index (κ1) is 16.4. The number of carbonyl (C=O) groups excluding carboxylic acids is 1. The molecule has 2 atom stereocenters. The molecule has 108 valence electrons. The van der Waals surface area contributed by atoms with Gasteiger partial charge in [0.2, 0.25) is 0 Å². The molecule has 1 fully saturated rings. The number of nitrogens with zero attached hydrogens (tertiary/aromatic N) is 2. The van der Waals surface area contributed by atoms with Crippen molar-refractivity contribution in [2.24, 2.45) is 17.6 Å². The van der Waals surface area contributed by atoms with E-state index in [-0.39, 0.29) is 18.3 Å². The molecule has 19 heavy (non-hydrogen) atoms. The van der Waals surface area contributed by atoms with Crippen LogP contribution < -0.4 is 5.73 Å². The molecule has 6 heteroatoms. The maximum atomic E-state index is 12.5. The van der Waals surface area contributed by atoms with E-state index in [1.165, 1.54) is 11.3 Å². The molecular weight excluding hydrogens is 282 g/mol. The number of amides is 1. The number of nitrogens with two attached hydrogens (primary N) is 1. The summed E-state index contributed by atoms with van der Waals surface area (Å²) in [5.74, 6) is 1.17. The Morgan fingerprint density at radius 2 is 2.21 bits per heavy atom. The van der Waals surface area contributed by atoms with Gasteiger partial charge in [-0.25, -0.2) is 4.98 Å². The Bertz CT molecular complexity index is 449. The molecule has 2 N–H and O–H groups in total. The Morgan fingerprint density at radius 3 is 2.74 bits per heavy atom. The molecule has 0 aliphatic carbocycles. The predicted molar refractivity (Wildman–Crippen MR) is 81.1 cm³/mol. The SMILES string of the molecule is Cc1nc(C)c(C(=O)N2CCC(C)C(CN)C2)s1.Cl. The van der Waals surface area contributed by atoms with Gasteiger partial charge in [-0.05, 0) is 38.6 Å². The van der Waals surface area contributed by atoms with Gasteiger partial charge in [-0.2, -0.15) is 0 Å². The van der Waals surface area contributed by atoms with Crippen LogP contribution in [0.15, 0.2) is 0 Å². The van der Waals surface area contributed by atoms with Crippen LogP contribution in [0.3, 0.4) is 0 Å². The van der Waals surface area contributed by atoms with Crippen molar-refractivity contribution >= 4 is 29.7 Å². The second kappa shape index (κ2) is 6.68. The summed E-state index contributed by atoms with van der Waals surface area (Å²) in [5, 5.41) is 0.955. The first-order valence-electron chi connectivity index (χ1n) is 6.46. The summed E-state index contributed by atoms with van der Waals surface area (Å²) < 4.78 is 0. The lowest BCUT2D eigenvalue weighted by atomic mass is 9.87. The van der Waals surface area contributed by atoms with Crippen LogP contribution in [0.2, 0.25) is 0 Å². The molecule has 0 radical (unpaired) electrons. The molecule has 1 aliphatic rings. The summed E-state index contributed by atoms with van der Waals surface area (Å²) in [4.78, 5) is 19.5. The van der Waals surface area contributed by atoms with E-state index in [0.29, 0.717) is 18.4 Å². The summed E-state index contributed by atoms with van der Waals surface area (Å²) in [7, 11) is 0. The Labute approximate surface area is 124 Å². The summed E-state index contributed by atoms with van der Waals surface area (Å²) in [6.07, 6.45) is 1.05. The van der Waals surface area contributed by atoms with Crippen LogP contribution in [0.1, 0.15) is 33.7 Å². The highest BCUT2D eigenvalue weighted by molar-refractivity contribution is 7.13. The summed E-state index contributed by atoms with van der Waals surface area (Å²) in [6.45, 7) is 8.35. The molecule has 2 rings (SSSR count). The molecule has 0 saturated carbocycles. The Balaban J connectivity index is 0.00000180. The number of piperidine rings is 1. The third-order valence-corrected chi connectivity index (χ3v) is 4.86. The van der Waals surface area contributed by atoms with Crippen molar-refractivity contribution in [3.05, 3.63) is 15.6 Å². The van der Waals surface area contributed by atoms with Crippen LogP contribution in [-0.4, -0.2) is 35.4 Å². The van der Waals surface area contributed by atoms with E-state index < -0.39 is 0 Å². The van der Waals surface area contributed by atoms with Gasteiger partial charge < -0.3 is 10.6 Å². The Hall–Kier alpha value is -0.650. The zero-order valence-corrected chi connectivity index (χ0v) is 13.3. The average Bonchev–Trinajstić information content (AvgIpc) is 2.68. The van der Waals surface area contributed by atoms with Gasteiger partial charge in [0.15, 0.2) is 0 Å². The van der Waals surface area contributed by atoms with Gasteiger partial charge in [0.05, 0.1) is 10.7 Å². The molecule has 0 spiro atoms. The third-order valence-electron chi connectivity index (χ3n) is 3.80. The van der Waals surface area contributed by atoms with Crippen molar-refractivity contribution in [2.45, 2.75) is 27.2 Å². The number of rotatable bonds is 2. The highest BCUT2D eigenvalue weighted by atomic mass is 35.5. The molecule has 2 heterocycles. The largest absolute Gasteiger partial charge is 0.338 e. The maximum Gasteiger partial charge on any atom is 0.265 e. The fourth-order valence-electron chi connectivity index (χ4n) is 2.51. The van der Waals surface area contributed by atoms with Crippen LogP contribution in [0.5, 0.6) is 0 Å². The van der Waals surface area contributed by atoms with Gasteiger partial charge in [-0.15, -0.1) is 23.7 Å². The van der Waals surface area contributed by atoms with E-state index in [4.69, 9.17) is 5.73 Å². The minimum Gasteiger partial charge on any atom is -0.338 e. The lowest BCUT2D eigenvalue weighted by molar-refractivity contribution is 0.0622. The van der Waals surface area contributed by atoms with Crippen LogP contribution in [0.4, 0.5) is 0 Å². The maximum absolute atomic E-state index is 12.5. The Kier molecular flexibility index (Phi) is 5.77. The van der Waals surface area contributed by atoms with Gasteiger partial charge >= 0.3 is 0 Å². The minimum absolute atomic E-state index is 0. The third kappa shape index (κ3) is 3.46. The lowest BCUT2D eigenvalue weighted by Crippen LogP contribution is -2.45. The van der Waals surface area contributed by atoms with Crippen LogP contribution in [0.25, 0.3) is 0 Å².